The molecule has 176 valence electrons. The molecule has 0 radical (unpaired) electrons. The van der Waals surface area contributed by atoms with Crippen LogP contribution >= 0.6 is 0 Å². The average Bonchev–Trinajstić information content (AvgIpc) is 2.79. The fraction of sp³-hybridized carbons (Fsp3) is 0.556. The molecule has 1 heterocycles. The molecule has 1 aliphatic heterocycles. The van der Waals surface area contributed by atoms with Crippen molar-refractivity contribution in [2.45, 2.75) is 65.0 Å². The minimum absolute atomic E-state index is 0.571. The molecule has 3 rings (SSSR count). The van der Waals surface area contributed by atoms with E-state index in [0.717, 1.165) is 45.2 Å². The molecule has 5 heteroatoms. The summed E-state index contributed by atoms with van der Waals surface area (Å²) >= 11 is 0. The third-order valence-corrected chi connectivity index (χ3v) is 6.59. The quantitative estimate of drug-likeness (QED) is 0.367. The highest BCUT2D eigenvalue weighted by atomic mass is 19.4. The highest BCUT2D eigenvalue weighted by Crippen LogP contribution is 2.31. The number of unbranched alkanes of at least 4 members (excludes halogenated alkanes) is 4. The Bertz CT molecular complexity index is 839. The Hall–Kier alpha value is -2.01. The Balaban J connectivity index is 1.46. The summed E-state index contributed by atoms with van der Waals surface area (Å²) < 4.78 is 39.0. The molecule has 0 aliphatic carbocycles. The molecule has 0 aromatic heterocycles. The van der Waals surface area contributed by atoms with Gasteiger partial charge in [0.25, 0.3) is 0 Å². The van der Waals surface area contributed by atoms with Crippen molar-refractivity contribution in [3.05, 3.63) is 64.7 Å². The molecule has 0 spiro atoms. The molecule has 0 amide bonds. The maximum Gasteiger partial charge on any atom is 0.416 e. The topological polar surface area (TPSA) is 6.48 Å². The molecule has 1 fully saturated rings. The molecule has 0 bridgehead atoms. The summed E-state index contributed by atoms with van der Waals surface area (Å²) in [6.45, 7) is 8.74. The predicted molar refractivity (Wildman–Crippen MR) is 127 cm³/mol. The summed E-state index contributed by atoms with van der Waals surface area (Å²) in [7, 11) is 0. The van der Waals surface area contributed by atoms with Crippen molar-refractivity contribution >= 4 is 5.69 Å². The van der Waals surface area contributed by atoms with Crippen LogP contribution in [0.2, 0.25) is 0 Å². The lowest BCUT2D eigenvalue weighted by Crippen LogP contribution is -2.47. The van der Waals surface area contributed by atoms with E-state index >= 15 is 0 Å². The molecule has 0 saturated carbocycles. The van der Waals surface area contributed by atoms with Gasteiger partial charge in [-0.1, -0.05) is 56.9 Å². The molecule has 1 aliphatic rings. The lowest BCUT2D eigenvalue weighted by atomic mass is 9.98. The van der Waals surface area contributed by atoms with Crippen LogP contribution in [0, 0.1) is 6.92 Å². The van der Waals surface area contributed by atoms with Crippen LogP contribution in [-0.2, 0) is 19.0 Å². The van der Waals surface area contributed by atoms with Gasteiger partial charge in [-0.25, -0.2) is 0 Å². The van der Waals surface area contributed by atoms with E-state index in [1.807, 2.05) is 0 Å². The molecular formula is C27H37F3N2. The SMILES string of the molecule is CCCCCCCc1cc(CCN2CCN(c3cccc(C(F)(F)F)c3)CC2)ccc1C. The number of alkyl halides is 3. The lowest BCUT2D eigenvalue weighted by Gasteiger charge is -2.36. The molecule has 1 saturated heterocycles. The van der Waals surface area contributed by atoms with E-state index < -0.39 is 11.7 Å². The van der Waals surface area contributed by atoms with Gasteiger partial charge in [0.15, 0.2) is 0 Å². The molecular weight excluding hydrogens is 409 g/mol. The number of hydrogen-bond acceptors (Lipinski definition) is 2. The van der Waals surface area contributed by atoms with Crippen LogP contribution in [0.5, 0.6) is 0 Å². The normalized spacial score (nSPS) is 15.3. The van der Waals surface area contributed by atoms with Gasteiger partial charge in [0, 0.05) is 38.4 Å². The first-order chi connectivity index (χ1) is 15.4. The van der Waals surface area contributed by atoms with Gasteiger partial charge in [0.2, 0.25) is 0 Å². The Morgan fingerprint density at radius 1 is 0.844 bits per heavy atom. The van der Waals surface area contributed by atoms with Gasteiger partial charge in [0.1, 0.15) is 0 Å². The van der Waals surface area contributed by atoms with E-state index in [4.69, 9.17) is 0 Å². The number of benzene rings is 2. The second kappa shape index (κ2) is 11.7. The molecule has 2 aromatic carbocycles. The molecule has 2 aromatic rings. The third-order valence-electron chi connectivity index (χ3n) is 6.59. The highest BCUT2D eigenvalue weighted by molar-refractivity contribution is 5.49. The van der Waals surface area contributed by atoms with E-state index in [1.54, 1.807) is 6.07 Å². The Kier molecular flexibility index (Phi) is 9.03. The van der Waals surface area contributed by atoms with Crippen molar-refractivity contribution in [3.63, 3.8) is 0 Å². The Labute approximate surface area is 191 Å². The van der Waals surface area contributed by atoms with Gasteiger partial charge in [0.05, 0.1) is 5.56 Å². The number of anilines is 1. The average molecular weight is 447 g/mol. The van der Waals surface area contributed by atoms with Crippen LogP contribution in [0.1, 0.15) is 61.3 Å². The number of hydrogen-bond donors (Lipinski definition) is 0. The monoisotopic (exact) mass is 446 g/mol. The van der Waals surface area contributed by atoms with Crippen molar-refractivity contribution in [1.29, 1.82) is 0 Å². The van der Waals surface area contributed by atoms with Gasteiger partial charge in [-0.3, -0.25) is 4.90 Å². The standard InChI is InChI=1S/C27H37F3N2/c1-3-4-5-6-7-9-24-20-23(13-12-22(24)2)14-15-31-16-18-32(19-17-31)26-11-8-10-25(21-26)27(28,29)30/h8,10-13,20-21H,3-7,9,14-19H2,1-2H3. The second-order valence-corrected chi connectivity index (χ2v) is 9.05. The van der Waals surface area contributed by atoms with E-state index in [9.17, 15) is 13.2 Å². The summed E-state index contributed by atoms with van der Waals surface area (Å²) in [5, 5.41) is 0. The smallest absolute Gasteiger partial charge is 0.369 e. The van der Waals surface area contributed by atoms with Crippen LogP contribution < -0.4 is 4.90 Å². The Morgan fingerprint density at radius 2 is 1.59 bits per heavy atom. The summed E-state index contributed by atoms with van der Waals surface area (Å²) in [6.07, 6.45) is 4.42. The molecule has 0 atom stereocenters. The van der Waals surface area contributed by atoms with E-state index in [2.05, 4.69) is 41.8 Å². The van der Waals surface area contributed by atoms with Crippen molar-refractivity contribution in [2.24, 2.45) is 0 Å². The number of rotatable bonds is 10. The van der Waals surface area contributed by atoms with Crippen LogP contribution in [0.15, 0.2) is 42.5 Å². The second-order valence-electron chi connectivity index (χ2n) is 9.05. The fourth-order valence-electron chi connectivity index (χ4n) is 4.46. The zero-order valence-electron chi connectivity index (χ0n) is 19.6. The van der Waals surface area contributed by atoms with Crippen molar-refractivity contribution in [2.75, 3.05) is 37.6 Å². The van der Waals surface area contributed by atoms with Crippen molar-refractivity contribution < 1.29 is 13.2 Å². The summed E-state index contributed by atoms with van der Waals surface area (Å²) in [4.78, 5) is 4.49. The van der Waals surface area contributed by atoms with Gasteiger partial charge >= 0.3 is 6.18 Å². The largest absolute Gasteiger partial charge is 0.416 e. The summed E-state index contributed by atoms with van der Waals surface area (Å²) in [5.41, 5.74) is 4.35. The fourth-order valence-corrected chi connectivity index (χ4v) is 4.46. The number of halogens is 3. The first-order valence-electron chi connectivity index (χ1n) is 12.1. The van der Waals surface area contributed by atoms with E-state index in [0.29, 0.717) is 5.69 Å². The van der Waals surface area contributed by atoms with Crippen molar-refractivity contribution in [1.82, 2.24) is 4.90 Å². The number of aryl methyl sites for hydroxylation is 2. The van der Waals surface area contributed by atoms with Crippen LogP contribution in [0.25, 0.3) is 0 Å². The maximum atomic E-state index is 13.0. The van der Waals surface area contributed by atoms with E-state index in [-0.39, 0.29) is 0 Å². The third kappa shape index (κ3) is 7.26. The summed E-state index contributed by atoms with van der Waals surface area (Å²) in [6, 6.07) is 12.6. The van der Waals surface area contributed by atoms with Gasteiger partial charge < -0.3 is 4.90 Å². The first kappa shape index (κ1) is 24.6. The maximum absolute atomic E-state index is 13.0. The van der Waals surface area contributed by atoms with Gasteiger partial charge in [-0.2, -0.15) is 13.2 Å². The minimum atomic E-state index is -4.29. The highest BCUT2D eigenvalue weighted by Gasteiger charge is 2.31. The van der Waals surface area contributed by atoms with Crippen LogP contribution in [0.3, 0.4) is 0 Å². The number of nitrogens with zero attached hydrogens (tertiary/aromatic N) is 2. The van der Waals surface area contributed by atoms with Gasteiger partial charge in [-0.05, 0) is 61.1 Å². The molecule has 32 heavy (non-hydrogen) atoms. The predicted octanol–water partition coefficient (Wildman–Crippen LogP) is 6.89. The van der Waals surface area contributed by atoms with Crippen LogP contribution in [-0.4, -0.2) is 37.6 Å². The summed E-state index contributed by atoms with van der Waals surface area (Å²) in [5.74, 6) is 0. The first-order valence-corrected chi connectivity index (χ1v) is 12.1. The van der Waals surface area contributed by atoms with Gasteiger partial charge in [-0.15, -0.1) is 0 Å². The van der Waals surface area contributed by atoms with Crippen molar-refractivity contribution in [3.8, 4) is 0 Å². The molecule has 2 nitrogen and oxygen atoms in total. The Morgan fingerprint density at radius 3 is 2.31 bits per heavy atom. The minimum Gasteiger partial charge on any atom is -0.369 e. The molecule has 0 N–H and O–H groups in total. The number of piperazine rings is 1. The zero-order valence-corrected chi connectivity index (χ0v) is 19.6. The molecule has 0 unspecified atom stereocenters. The van der Waals surface area contributed by atoms with E-state index in [1.165, 1.54) is 67.3 Å². The lowest BCUT2D eigenvalue weighted by molar-refractivity contribution is -0.137. The van der Waals surface area contributed by atoms with Crippen LogP contribution in [0.4, 0.5) is 18.9 Å². The zero-order chi connectivity index (χ0) is 23.0.